The third kappa shape index (κ3) is 1.83. The van der Waals surface area contributed by atoms with Crippen molar-refractivity contribution in [2.24, 2.45) is 0 Å². The first-order valence-electron chi connectivity index (χ1n) is 4.36. The van der Waals surface area contributed by atoms with E-state index >= 15 is 0 Å². The van der Waals surface area contributed by atoms with Crippen molar-refractivity contribution in [1.29, 1.82) is 0 Å². The highest BCUT2D eigenvalue weighted by molar-refractivity contribution is 9.10. The third-order valence-electron chi connectivity index (χ3n) is 2.07. The van der Waals surface area contributed by atoms with Gasteiger partial charge in [0.05, 0.1) is 17.3 Å². The number of hydrogen-bond acceptors (Lipinski definition) is 3. The van der Waals surface area contributed by atoms with Gasteiger partial charge < -0.3 is 10.5 Å². The van der Waals surface area contributed by atoms with E-state index in [0.29, 0.717) is 5.82 Å². The second-order valence-electron chi connectivity index (χ2n) is 3.03. The molecule has 1 heterocycles. The topological polar surface area (TPSA) is 63.9 Å². The van der Waals surface area contributed by atoms with Crippen molar-refractivity contribution in [3.63, 3.8) is 0 Å². The van der Waals surface area contributed by atoms with Crippen molar-refractivity contribution in [1.82, 2.24) is 10.2 Å². The van der Waals surface area contributed by atoms with E-state index in [-0.39, 0.29) is 0 Å². The van der Waals surface area contributed by atoms with E-state index in [1.165, 1.54) is 0 Å². The van der Waals surface area contributed by atoms with Crippen LogP contribution in [0.1, 0.15) is 0 Å². The summed E-state index contributed by atoms with van der Waals surface area (Å²) in [5.41, 5.74) is 7.38. The molecule has 0 radical (unpaired) electrons. The van der Waals surface area contributed by atoms with Gasteiger partial charge in [-0.15, -0.1) is 0 Å². The van der Waals surface area contributed by atoms with Gasteiger partial charge in [0.25, 0.3) is 0 Å². The Morgan fingerprint density at radius 1 is 1.47 bits per heavy atom. The third-order valence-corrected chi connectivity index (χ3v) is 2.89. The van der Waals surface area contributed by atoms with Crippen LogP contribution < -0.4 is 10.5 Å². The van der Waals surface area contributed by atoms with Crippen LogP contribution in [-0.4, -0.2) is 17.3 Å². The number of nitrogens with zero attached hydrogens (tertiary/aromatic N) is 1. The Morgan fingerprint density at radius 2 is 2.27 bits per heavy atom. The summed E-state index contributed by atoms with van der Waals surface area (Å²) in [4.78, 5) is 0. The minimum atomic E-state index is 0.472. The lowest BCUT2D eigenvalue weighted by atomic mass is 10.1. The van der Waals surface area contributed by atoms with Gasteiger partial charge in [0.15, 0.2) is 0 Å². The number of nitrogens with one attached hydrogen (secondary N) is 1. The second-order valence-corrected chi connectivity index (χ2v) is 3.82. The Bertz CT molecular complexity index is 481. The molecule has 0 saturated heterocycles. The van der Waals surface area contributed by atoms with Crippen molar-refractivity contribution >= 4 is 21.7 Å². The zero-order valence-corrected chi connectivity index (χ0v) is 9.71. The molecule has 0 spiro atoms. The molecule has 0 amide bonds. The fourth-order valence-electron chi connectivity index (χ4n) is 1.35. The minimum Gasteiger partial charge on any atom is -0.496 e. The summed E-state index contributed by atoms with van der Waals surface area (Å²) < 4.78 is 6.09. The number of anilines is 1. The molecule has 0 saturated carbocycles. The lowest BCUT2D eigenvalue weighted by Crippen LogP contribution is -1.87. The van der Waals surface area contributed by atoms with Crippen LogP contribution in [0.3, 0.4) is 0 Å². The van der Waals surface area contributed by atoms with Gasteiger partial charge in [-0.1, -0.05) is 12.1 Å². The molecular weight excluding hydrogens is 258 g/mol. The molecule has 78 valence electrons. The van der Waals surface area contributed by atoms with Gasteiger partial charge in [0.1, 0.15) is 11.6 Å². The SMILES string of the molecule is COc1cccc(-c2cc(N)n[nH]2)c1Br. The fourth-order valence-corrected chi connectivity index (χ4v) is 1.99. The van der Waals surface area contributed by atoms with Crippen LogP contribution in [0, 0.1) is 0 Å². The number of methoxy groups -OCH3 is 1. The molecule has 0 atom stereocenters. The maximum atomic E-state index is 5.55. The van der Waals surface area contributed by atoms with E-state index in [2.05, 4.69) is 26.1 Å². The summed E-state index contributed by atoms with van der Waals surface area (Å²) in [6.45, 7) is 0. The zero-order valence-electron chi connectivity index (χ0n) is 8.12. The predicted molar refractivity (Wildman–Crippen MR) is 62.7 cm³/mol. The molecule has 4 nitrogen and oxygen atoms in total. The van der Waals surface area contributed by atoms with Crippen molar-refractivity contribution in [2.75, 3.05) is 12.8 Å². The van der Waals surface area contributed by atoms with E-state index in [4.69, 9.17) is 10.5 Å². The second kappa shape index (κ2) is 3.94. The standard InChI is InChI=1S/C10H10BrN3O/c1-15-8-4-2-3-6(10(8)11)7-5-9(12)14-13-7/h2-5H,1H3,(H3,12,13,14). The smallest absolute Gasteiger partial charge is 0.145 e. The molecular formula is C10H10BrN3O. The lowest BCUT2D eigenvalue weighted by Gasteiger charge is -2.06. The lowest BCUT2D eigenvalue weighted by molar-refractivity contribution is 0.412. The van der Waals surface area contributed by atoms with E-state index < -0.39 is 0 Å². The quantitative estimate of drug-likeness (QED) is 0.879. The van der Waals surface area contributed by atoms with Crippen LogP contribution in [-0.2, 0) is 0 Å². The number of rotatable bonds is 2. The number of H-pyrrole nitrogens is 1. The van der Waals surface area contributed by atoms with Gasteiger partial charge in [-0.25, -0.2) is 0 Å². The van der Waals surface area contributed by atoms with Crippen LogP contribution in [0.25, 0.3) is 11.3 Å². The molecule has 0 bridgehead atoms. The molecule has 1 aromatic heterocycles. The van der Waals surface area contributed by atoms with Gasteiger partial charge in [-0.3, -0.25) is 5.10 Å². The van der Waals surface area contributed by atoms with Crippen LogP contribution in [0.5, 0.6) is 5.75 Å². The van der Waals surface area contributed by atoms with Crippen molar-refractivity contribution in [2.45, 2.75) is 0 Å². The summed E-state index contributed by atoms with van der Waals surface area (Å²) in [6, 6.07) is 7.53. The van der Waals surface area contributed by atoms with Crippen LogP contribution in [0.15, 0.2) is 28.7 Å². The first kappa shape index (κ1) is 10.0. The number of aromatic amines is 1. The molecule has 0 aliphatic carbocycles. The van der Waals surface area contributed by atoms with Crippen molar-refractivity contribution < 1.29 is 4.74 Å². The number of halogens is 1. The Kier molecular flexibility index (Phi) is 2.64. The van der Waals surface area contributed by atoms with E-state index in [1.807, 2.05) is 18.2 Å². The molecule has 2 aromatic rings. The largest absolute Gasteiger partial charge is 0.496 e. The summed E-state index contributed by atoms with van der Waals surface area (Å²) in [6.07, 6.45) is 0. The number of nitrogen functional groups attached to an aromatic ring is 1. The first-order valence-corrected chi connectivity index (χ1v) is 5.15. The Balaban J connectivity index is 2.53. The van der Waals surface area contributed by atoms with Crippen LogP contribution >= 0.6 is 15.9 Å². The Hall–Kier alpha value is -1.49. The summed E-state index contributed by atoms with van der Waals surface area (Å²) >= 11 is 3.47. The molecule has 0 unspecified atom stereocenters. The highest BCUT2D eigenvalue weighted by Gasteiger charge is 2.09. The number of nitrogens with two attached hydrogens (primary N) is 1. The Morgan fingerprint density at radius 3 is 2.87 bits per heavy atom. The molecule has 5 heteroatoms. The van der Waals surface area contributed by atoms with Gasteiger partial charge in [-0.2, -0.15) is 5.10 Å². The van der Waals surface area contributed by atoms with E-state index in [9.17, 15) is 0 Å². The first-order chi connectivity index (χ1) is 7.22. The Labute approximate surface area is 95.6 Å². The molecule has 1 aromatic carbocycles. The zero-order chi connectivity index (χ0) is 10.8. The van der Waals surface area contributed by atoms with Crippen LogP contribution in [0.4, 0.5) is 5.82 Å². The number of ether oxygens (including phenoxy) is 1. The van der Waals surface area contributed by atoms with Crippen LogP contribution in [0.2, 0.25) is 0 Å². The highest BCUT2D eigenvalue weighted by Crippen LogP contribution is 2.34. The molecule has 15 heavy (non-hydrogen) atoms. The van der Waals surface area contributed by atoms with E-state index in [0.717, 1.165) is 21.5 Å². The van der Waals surface area contributed by atoms with Crippen molar-refractivity contribution in [3.8, 4) is 17.0 Å². The number of benzene rings is 1. The monoisotopic (exact) mass is 267 g/mol. The number of aromatic nitrogens is 2. The number of hydrogen-bond donors (Lipinski definition) is 2. The summed E-state index contributed by atoms with van der Waals surface area (Å²) in [7, 11) is 1.63. The highest BCUT2D eigenvalue weighted by atomic mass is 79.9. The molecule has 0 fully saturated rings. The summed E-state index contributed by atoms with van der Waals surface area (Å²) in [5.74, 6) is 1.25. The normalized spacial score (nSPS) is 10.3. The molecule has 2 rings (SSSR count). The molecule has 3 N–H and O–H groups in total. The summed E-state index contributed by atoms with van der Waals surface area (Å²) in [5, 5.41) is 6.73. The average molecular weight is 268 g/mol. The molecule has 0 aliphatic rings. The van der Waals surface area contributed by atoms with Gasteiger partial charge in [-0.05, 0) is 22.0 Å². The van der Waals surface area contributed by atoms with Gasteiger partial charge >= 0.3 is 0 Å². The van der Waals surface area contributed by atoms with Gasteiger partial charge in [0.2, 0.25) is 0 Å². The predicted octanol–water partition coefficient (Wildman–Crippen LogP) is 2.43. The van der Waals surface area contributed by atoms with E-state index in [1.54, 1.807) is 13.2 Å². The van der Waals surface area contributed by atoms with Crippen molar-refractivity contribution in [3.05, 3.63) is 28.7 Å². The maximum Gasteiger partial charge on any atom is 0.145 e. The average Bonchev–Trinajstić information content (AvgIpc) is 2.65. The maximum absolute atomic E-state index is 5.55. The fraction of sp³-hybridized carbons (Fsp3) is 0.100. The van der Waals surface area contributed by atoms with Gasteiger partial charge in [0, 0.05) is 11.6 Å². The minimum absolute atomic E-state index is 0.472. The molecule has 0 aliphatic heterocycles.